The molecule has 1 aromatic carbocycles. The average Bonchev–Trinajstić information content (AvgIpc) is 2.77. The summed E-state index contributed by atoms with van der Waals surface area (Å²) in [5.74, 6) is 0.160. The van der Waals surface area contributed by atoms with Crippen LogP contribution in [0.15, 0.2) is 18.2 Å². The van der Waals surface area contributed by atoms with Gasteiger partial charge in [0.15, 0.2) is 0 Å². The van der Waals surface area contributed by atoms with E-state index in [1.807, 2.05) is 30.1 Å². The van der Waals surface area contributed by atoms with Crippen LogP contribution in [0.5, 0.6) is 0 Å². The van der Waals surface area contributed by atoms with Gasteiger partial charge in [0.2, 0.25) is 0 Å². The van der Waals surface area contributed by atoms with Gasteiger partial charge in [-0.1, -0.05) is 25.7 Å². The molecular weight excluding hydrogens is 260 g/mol. The smallest absolute Gasteiger partial charge is 0.253 e. The monoisotopic (exact) mass is 288 g/mol. The zero-order valence-corrected chi connectivity index (χ0v) is 13.6. The molecule has 0 aromatic heterocycles. The first-order valence-corrected chi connectivity index (χ1v) is 8.25. The Labute approximate surface area is 128 Å². The van der Waals surface area contributed by atoms with E-state index in [0.29, 0.717) is 6.04 Å². The predicted molar refractivity (Wildman–Crippen MR) is 88.9 cm³/mol. The van der Waals surface area contributed by atoms with E-state index < -0.39 is 0 Å². The number of hydrogen-bond donors (Lipinski definition) is 1. The van der Waals surface area contributed by atoms with Crippen molar-refractivity contribution in [2.45, 2.75) is 58.4 Å². The molecule has 0 unspecified atom stereocenters. The van der Waals surface area contributed by atoms with E-state index in [1.165, 1.54) is 25.7 Å². The number of aryl methyl sites for hydroxylation is 1. The summed E-state index contributed by atoms with van der Waals surface area (Å²) in [6, 6.07) is 6.38. The molecule has 21 heavy (non-hydrogen) atoms. The minimum atomic E-state index is 0.160. The van der Waals surface area contributed by atoms with Gasteiger partial charge in [0.25, 0.3) is 5.91 Å². The van der Waals surface area contributed by atoms with E-state index in [2.05, 4.69) is 19.2 Å². The van der Waals surface area contributed by atoms with Crippen LogP contribution in [0.2, 0.25) is 0 Å². The number of amides is 1. The maximum absolute atomic E-state index is 12.7. The van der Waals surface area contributed by atoms with Gasteiger partial charge in [-0.25, -0.2) is 0 Å². The molecule has 1 aliphatic rings. The number of nitrogens with zero attached hydrogens (tertiary/aromatic N) is 1. The van der Waals surface area contributed by atoms with Gasteiger partial charge in [-0.2, -0.15) is 0 Å². The molecule has 1 N–H and O–H groups in total. The third-order valence-corrected chi connectivity index (χ3v) is 4.53. The molecule has 0 aliphatic heterocycles. The van der Waals surface area contributed by atoms with E-state index in [-0.39, 0.29) is 5.91 Å². The highest BCUT2D eigenvalue weighted by Crippen LogP contribution is 2.23. The Hall–Kier alpha value is -1.51. The van der Waals surface area contributed by atoms with Crippen LogP contribution in [0, 0.1) is 6.92 Å². The standard InChI is InChI=1S/C18H28N2O/c1-4-19-17-12-11-15(13-14(17)2)18(21)20(3)16-9-7-5-6-8-10-16/h11-13,16,19H,4-10H2,1-3H3. The molecule has 116 valence electrons. The second-order valence-corrected chi connectivity index (χ2v) is 6.12. The molecule has 1 fully saturated rings. The number of carbonyl (C=O) groups excluding carboxylic acids is 1. The van der Waals surface area contributed by atoms with Gasteiger partial charge in [-0.15, -0.1) is 0 Å². The Morgan fingerprint density at radius 3 is 2.48 bits per heavy atom. The lowest BCUT2D eigenvalue weighted by molar-refractivity contribution is 0.0717. The molecular formula is C18H28N2O. The van der Waals surface area contributed by atoms with Gasteiger partial charge in [-0.05, 0) is 50.5 Å². The predicted octanol–water partition coefficient (Wildman–Crippen LogP) is 4.22. The van der Waals surface area contributed by atoms with Gasteiger partial charge in [0, 0.05) is 30.9 Å². The number of nitrogens with one attached hydrogen (secondary N) is 1. The lowest BCUT2D eigenvalue weighted by Gasteiger charge is -2.27. The molecule has 0 atom stereocenters. The van der Waals surface area contributed by atoms with E-state index in [1.54, 1.807) is 0 Å². The third kappa shape index (κ3) is 3.99. The van der Waals surface area contributed by atoms with E-state index in [0.717, 1.165) is 36.2 Å². The number of rotatable bonds is 4. The van der Waals surface area contributed by atoms with Gasteiger partial charge in [0.1, 0.15) is 0 Å². The summed E-state index contributed by atoms with van der Waals surface area (Å²) in [5, 5.41) is 3.32. The van der Waals surface area contributed by atoms with Crippen molar-refractivity contribution in [3.05, 3.63) is 29.3 Å². The lowest BCUT2D eigenvalue weighted by atomic mass is 10.0. The van der Waals surface area contributed by atoms with Gasteiger partial charge >= 0.3 is 0 Å². The summed E-state index contributed by atoms with van der Waals surface area (Å²) in [4.78, 5) is 14.6. The molecule has 3 nitrogen and oxygen atoms in total. The zero-order valence-electron chi connectivity index (χ0n) is 13.6. The minimum Gasteiger partial charge on any atom is -0.385 e. The summed E-state index contributed by atoms with van der Waals surface area (Å²) < 4.78 is 0. The molecule has 2 rings (SSSR count). The van der Waals surface area contributed by atoms with Crippen molar-refractivity contribution < 1.29 is 4.79 Å². The minimum absolute atomic E-state index is 0.160. The molecule has 1 saturated carbocycles. The summed E-state index contributed by atoms with van der Waals surface area (Å²) in [6.45, 7) is 5.04. The van der Waals surface area contributed by atoms with Gasteiger partial charge < -0.3 is 10.2 Å². The number of anilines is 1. The largest absolute Gasteiger partial charge is 0.385 e. The van der Waals surface area contributed by atoms with Crippen LogP contribution in [-0.2, 0) is 0 Å². The van der Waals surface area contributed by atoms with Crippen molar-refractivity contribution in [2.75, 3.05) is 18.9 Å². The number of hydrogen-bond acceptors (Lipinski definition) is 2. The van der Waals surface area contributed by atoms with E-state index in [9.17, 15) is 4.79 Å². The quantitative estimate of drug-likeness (QED) is 0.841. The second-order valence-electron chi connectivity index (χ2n) is 6.12. The summed E-state index contributed by atoms with van der Waals surface area (Å²) in [6.07, 6.45) is 7.43. The maximum Gasteiger partial charge on any atom is 0.253 e. The first-order chi connectivity index (χ1) is 10.1. The fourth-order valence-corrected chi connectivity index (χ4v) is 3.20. The van der Waals surface area contributed by atoms with Gasteiger partial charge in [0.05, 0.1) is 0 Å². The normalized spacial score (nSPS) is 16.3. The summed E-state index contributed by atoms with van der Waals surface area (Å²) >= 11 is 0. The van der Waals surface area contributed by atoms with Crippen LogP contribution in [-0.4, -0.2) is 30.4 Å². The molecule has 0 heterocycles. The average molecular weight is 288 g/mol. The molecule has 0 spiro atoms. The van der Waals surface area contributed by atoms with Crippen LogP contribution < -0.4 is 5.32 Å². The third-order valence-electron chi connectivity index (χ3n) is 4.53. The summed E-state index contributed by atoms with van der Waals surface area (Å²) in [5.41, 5.74) is 3.06. The van der Waals surface area contributed by atoms with Crippen LogP contribution in [0.25, 0.3) is 0 Å². The first kappa shape index (κ1) is 15.9. The molecule has 1 amide bonds. The number of benzene rings is 1. The van der Waals surface area contributed by atoms with Crippen molar-refractivity contribution in [1.29, 1.82) is 0 Å². The highest BCUT2D eigenvalue weighted by atomic mass is 16.2. The van der Waals surface area contributed by atoms with Crippen LogP contribution in [0.3, 0.4) is 0 Å². The van der Waals surface area contributed by atoms with Crippen LogP contribution >= 0.6 is 0 Å². The Balaban J connectivity index is 2.09. The van der Waals surface area contributed by atoms with Crippen molar-refractivity contribution in [3.8, 4) is 0 Å². The fourth-order valence-electron chi connectivity index (χ4n) is 3.20. The SMILES string of the molecule is CCNc1ccc(C(=O)N(C)C2CCCCCC2)cc1C. The molecule has 3 heteroatoms. The van der Waals surface area contributed by atoms with Crippen molar-refractivity contribution in [3.63, 3.8) is 0 Å². The Morgan fingerprint density at radius 1 is 1.24 bits per heavy atom. The zero-order chi connectivity index (χ0) is 15.2. The summed E-state index contributed by atoms with van der Waals surface area (Å²) in [7, 11) is 1.96. The molecule has 1 aromatic rings. The molecule has 0 saturated heterocycles. The van der Waals surface area contributed by atoms with E-state index >= 15 is 0 Å². The topological polar surface area (TPSA) is 32.3 Å². The van der Waals surface area contributed by atoms with Crippen molar-refractivity contribution in [2.24, 2.45) is 0 Å². The Kier molecular flexibility index (Phi) is 5.66. The number of carbonyl (C=O) groups is 1. The maximum atomic E-state index is 12.7. The Morgan fingerprint density at radius 2 is 1.90 bits per heavy atom. The fraction of sp³-hybridized carbons (Fsp3) is 0.611. The van der Waals surface area contributed by atoms with E-state index in [4.69, 9.17) is 0 Å². The highest BCUT2D eigenvalue weighted by Gasteiger charge is 2.22. The molecule has 0 bridgehead atoms. The highest BCUT2D eigenvalue weighted by molar-refractivity contribution is 5.95. The lowest BCUT2D eigenvalue weighted by Crippen LogP contribution is -2.36. The van der Waals surface area contributed by atoms with Crippen LogP contribution in [0.1, 0.15) is 61.4 Å². The Bertz CT molecular complexity index is 476. The van der Waals surface area contributed by atoms with Crippen LogP contribution in [0.4, 0.5) is 5.69 Å². The second kappa shape index (κ2) is 7.48. The molecule has 0 radical (unpaired) electrons. The van der Waals surface area contributed by atoms with Gasteiger partial charge in [-0.3, -0.25) is 4.79 Å². The first-order valence-electron chi connectivity index (χ1n) is 8.25. The molecule has 1 aliphatic carbocycles. The van der Waals surface area contributed by atoms with Crippen molar-refractivity contribution in [1.82, 2.24) is 4.90 Å². The van der Waals surface area contributed by atoms with Crippen molar-refractivity contribution >= 4 is 11.6 Å².